The first-order valence-electron chi connectivity index (χ1n) is 4.15. The van der Waals surface area contributed by atoms with Gasteiger partial charge in [-0.25, -0.2) is 4.79 Å². The van der Waals surface area contributed by atoms with Crippen molar-refractivity contribution in [1.29, 1.82) is 0 Å². The van der Waals surface area contributed by atoms with Crippen LogP contribution in [0.3, 0.4) is 0 Å². The zero-order valence-electron chi connectivity index (χ0n) is 7.92. The second kappa shape index (κ2) is 4.80. The number of nitrogens with one attached hydrogen (secondary N) is 1. The number of hydrogen-bond donors (Lipinski definition) is 2. The van der Waals surface area contributed by atoms with Gasteiger partial charge in [0.15, 0.2) is 0 Å². The fourth-order valence-electron chi connectivity index (χ4n) is 1.04. The summed E-state index contributed by atoms with van der Waals surface area (Å²) in [6, 6.07) is 0. The lowest BCUT2D eigenvalue weighted by molar-refractivity contribution is -0.131. The minimum Gasteiger partial charge on any atom is -0.478 e. The average molecular weight is 171 g/mol. The molecule has 0 aromatic heterocycles. The monoisotopic (exact) mass is 171 g/mol. The van der Waals surface area contributed by atoms with Crippen LogP contribution < -0.4 is 5.32 Å². The lowest BCUT2D eigenvalue weighted by atomic mass is 9.99. The van der Waals surface area contributed by atoms with Crippen molar-refractivity contribution in [2.45, 2.75) is 39.2 Å². The minimum absolute atomic E-state index is 0.0132. The van der Waals surface area contributed by atoms with Crippen LogP contribution in [0.2, 0.25) is 0 Å². The molecule has 0 fully saturated rings. The normalized spacial score (nSPS) is 11.9. The molecule has 0 bridgehead atoms. The molecule has 0 amide bonds. The Morgan fingerprint density at radius 2 is 2.17 bits per heavy atom. The second-order valence-electron chi connectivity index (χ2n) is 3.45. The van der Waals surface area contributed by atoms with Crippen molar-refractivity contribution in [2.24, 2.45) is 0 Å². The summed E-state index contributed by atoms with van der Waals surface area (Å²) in [6.07, 6.45) is 4.70. The fourth-order valence-corrected chi connectivity index (χ4v) is 1.04. The number of carboxylic acid groups (broad SMARTS) is 1. The highest BCUT2D eigenvalue weighted by molar-refractivity contribution is 5.79. The van der Waals surface area contributed by atoms with Crippen molar-refractivity contribution >= 4 is 5.97 Å². The highest BCUT2D eigenvalue weighted by Crippen LogP contribution is 2.09. The van der Waals surface area contributed by atoms with E-state index >= 15 is 0 Å². The maximum atomic E-state index is 10.1. The van der Waals surface area contributed by atoms with Crippen LogP contribution in [-0.2, 0) is 4.79 Å². The molecule has 12 heavy (non-hydrogen) atoms. The molecule has 0 unspecified atom stereocenters. The van der Waals surface area contributed by atoms with Crippen molar-refractivity contribution < 1.29 is 9.90 Å². The molecule has 0 saturated carbocycles. The van der Waals surface area contributed by atoms with Gasteiger partial charge in [-0.1, -0.05) is 13.3 Å². The largest absolute Gasteiger partial charge is 0.478 e. The maximum Gasteiger partial charge on any atom is 0.329 e. The van der Waals surface area contributed by atoms with Gasteiger partial charge in [0, 0.05) is 17.8 Å². The van der Waals surface area contributed by atoms with Gasteiger partial charge in [-0.2, -0.15) is 0 Å². The predicted molar refractivity (Wildman–Crippen MR) is 48.9 cm³/mol. The standard InChI is InChI=1S/C9H17NO2/c1-4-6-9(2,3)10-7-5-8(11)12/h5,7,10H,4,6H2,1-3H3,(H,11,12)/b7-5+. The minimum atomic E-state index is -0.921. The molecule has 0 aromatic carbocycles. The molecule has 0 atom stereocenters. The molecule has 3 nitrogen and oxygen atoms in total. The number of aliphatic carboxylic acids is 1. The number of carboxylic acids is 1. The first-order chi connectivity index (χ1) is 5.48. The van der Waals surface area contributed by atoms with Gasteiger partial charge in [-0.15, -0.1) is 0 Å². The predicted octanol–water partition coefficient (Wildman–Crippen LogP) is 1.75. The molecule has 0 aliphatic carbocycles. The first-order valence-corrected chi connectivity index (χ1v) is 4.15. The molecule has 70 valence electrons. The van der Waals surface area contributed by atoms with E-state index in [0.717, 1.165) is 18.9 Å². The van der Waals surface area contributed by atoms with E-state index in [2.05, 4.69) is 12.2 Å². The van der Waals surface area contributed by atoms with Crippen LogP contribution in [-0.4, -0.2) is 16.6 Å². The molecular weight excluding hydrogens is 154 g/mol. The first kappa shape index (κ1) is 11.0. The Kier molecular flexibility index (Phi) is 4.40. The molecule has 0 rings (SSSR count). The van der Waals surface area contributed by atoms with E-state index in [9.17, 15) is 4.79 Å². The van der Waals surface area contributed by atoms with Gasteiger partial charge >= 0.3 is 5.97 Å². The summed E-state index contributed by atoms with van der Waals surface area (Å²) in [7, 11) is 0. The van der Waals surface area contributed by atoms with Crippen molar-refractivity contribution in [2.75, 3.05) is 0 Å². The summed E-state index contributed by atoms with van der Waals surface area (Å²) in [5.41, 5.74) is -0.0132. The Hall–Kier alpha value is -0.990. The third-order valence-corrected chi connectivity index (χ3v) is 1.57. The van der Waals surface area contributed by atoms with Crippen LogP contribution in [0.15, 0.2) is 12.3 Å². The van der Waals surface area contributed by atoms with Crippen LogP contribution in [0, 0.1) is 0 Å². The van der Waals surface area contributed by atoms with E-state index in [1.54, 1.807) is 0 Å². The Labute approximate surface area is 73.5 Å². The van der Waals surface area contributed by atoms with Gasteiger partial charge < -0.3 is 10.4 Å². The maximum absolute atomic E-state index is 10.1. The zero-order valence-corrected chi connectivity index (χ0v) is 7.92. The van der Waals surface area contributed by atoms with E-state index in [1.165, 1.54) is 6.20 Å². The topological polar surface area (TPSA) is 49.3 Å². The third kappa shape index (κ3) is 5.77. The van der Waals surface area contributed by atoms with Gasteiger partial charge in [0.2, 0.25) is 0 Å². The number of hydrogen-bond acceptors (Lipinski definition) is 2. The summed E-state index contributed by atoms with van der Waals surface area (Å²) in [4.78, 5) is 10.1. The summed E-state index contributed by atoms with van der Waals surface area (Å²) >= 11 is 0. The van der Waals surface area contributed by atoms with Crippen LogP contribution in [0.4, 0.5) is 0 Å². The lowest BCUT2D eigenvalue weighted by Crippen LogP contribution is -2.35. The highest BCUT2D eigenvalue weighted by Gasteiger charge is 2.12. The Balaban J connectivity index is 3.82. The van der Waals surface area contributed by atoms with Crippen molar-refractivity contribution in [1.82, 2.24) is 5.32 Å². The van der Waals surface area contributed by atoms with Gasteiger partial charge in [-0.3, -0.25) is 0 Å². The summed E-state index contributed by atoms with van der Waals surface area (Å²) < 4.78 is 0. The fraction of sp³-hybridized carbons (Fsp3) is 0.667. The van der Waals surface area contributed by atoms with E-state index in [0.29, 0.717) is 0 Å². The number of carbonyl (C=O) groups is 1. The lowest BCUT2D eigenvalue weighted by Gasteiger charge is -2.24. The molecule has 3 heteroatoms. The van der Waals surface area contributed by atoms with Crippen LogP contribution in [0.5, 0.6) is 0 Å². The molecule has 2 N–H and O–H groups in total. The van der Waals surface area contributed by atoms with Gasteiger partial charge in [0.1, 0.15) is 0 Å². The highest BCUT2D eigenvalue weighted by atomic mass is 16.4. The third-order valence-electron chi connectivity index (χ3n) is 1.57. The molecule has 0 aromatic rings. The molecule has 0 spiro atoms. The zero-order chi connectivity index (χ0) is 9.61. The van der Waals surface area contributed by atoms with E-state index < -0.39 is 5.97 Å². The van der Waals surface area contributed by atoms with Gasteiger partial charge in [0.05, 0.1) is 0 Å². The van der Waals surface area contributed by atoms with Gasteiger partial charge in [0.25, 0.3) is 0 Å². The molecule has 0 aliphatic heterocycles. The SMILES string of the molecule is CCCC(C)(C)N/C=C/C(=O)O. The van der Waals surface area contributed by atoms with Crippen LogP contribution >= 0.6 is 0 Å². The molecule has 0 radical (unpaired) electrons. The Bertz CT molecular complexity index is 173. The van der Waals surface area contributed by atoms with E-state index in [4.69, 9.17) is 5.11 Å². The van der Waals surface area contributed by atoms with Gasteiger partial charge in [-0.05, 0) is 20.3 Å². The van der Waals surface area contributed by atoms with E-state index in [1.807, 2.05) is 13.8 Å². The summed E-state index contributed by atoms with van der Waals surface area (Å²) in [6.45, 7) is 6.19. The van der Waals surface area contributed by atoms with Crippen molar-refractivity contribution in [3.8, 4) is 0 Å². The molecule has 0 saturated heterocycles. The quantitative estimate of drug-likeness (QED) is 0.619. The average Bonchev–Trinajstić information content (AvgIpc) is 1.85. The second-order valence-corrected chi connectivity index (χ2v) is 3.45. The van der Waals surface area contributed by atoms with Crippen molar-refractivity contribution in [3.63, 3.8) is 0 Å². The summed E-state index contributed by atoms with van der Waals surface area (Å²) in [5.74, 6) is -0.921. The number of rotatable bonds is 5. The Morgan fingerprint density at radius 1 is 1.58 bits per heavy atom. The smallest absolute Gasteiger partial charge is 0.329 e. The van der Waals surface area contributed by atoms with Crippen LogP contribution in [0.1, 0.15) is 33.6 Å². The van der Waals surface area contributed by atoms with Crippen molar-refractivity contribution in [3.05, 3.63) is 12.3 Å². The molecular formula is C9H17NO2. The molecule has 0 heterocycles. The van der Waals surface area contributed by atoms with Crippen LogP contribution in [0.25, 0.3) is 0 Å². The summed E-state index contributed by atoms with van der Waals surface area (Å²) in [5, 5.41) is 11.3. The van der Waals surface area contributed by atoms with E-state index in [-0.39, 0.29) is 5.54 Å². The molecule has 0 aliphatic rings. The Morgan fingerprint density at radius 3 is 2.58 bits per heavy atom.